The molecule has 4 N–H and O–H groups in total. The molecule has 0 saturated carbocycles. The number of alkyl halides is 2. The maximum absolute atomic E-state index is 13.3. The molecule has 3 fully saturated rings. The van der Waals surface area contributed by atoms with Crippen LogP contribution in [0.2, 0.25) is 0 Å². The van der Waals surface area contributed by atoms with E-state index in [-0.39, 0.29) is 29.5 Å². The number of hydrogen-bond donors (Lipinski definition) is 3. The fourth-order valence-electron chi connectivity index (χ4n) is 6.03. The van der Waals surface area contributed by atoms with Gasteiger partial charge in [-0.25, -0.2) is 0 Å². The van der Waals surface area contributed by atoms with Crippen LogP contribution in [0.4, 0.5) is 5.69 Å². The van der Waals surface area contributed by atoms with Gasteiger partial charge in [-0.3, -0.25) is 0 Å². The molecule has 2 aromatic carbocycles. The number of fused-ring (bicyclic) bond motifs is 2. The minimum atomic E-state index is -1.33. The van der Waals surface area contributed by atoms with Crippen LogP contribution in [0.5, 0.6) is 5.75 Å². The zero-order valence-corrected chi connectivity index (χ0v) is 24.7. The number of phenols is 1. The number of aromatic hydroxyl groups is 1. The van der Waals surface area contributed by atoms with Crippen molar-refractivity contribution in [1.82, 2.24) is 19.8 Å². The number of carbonyl (C=O) groups is 2. The number of carbonyl (C=O) groups excluding carboxylic acids is 2. The van der Waals surface area contributed by atoms with Crippen LogP contribution >= 0.6 is 19.8 Å². The van der Waals surface area contributed by atoms with Gasteiger partial charge in [0.2, 0.25) is 0 Å². The number of phenolic OH excluding ortho intramolecular Hbond substituents is 1. The summed E-state index contributed by atoms with van der Waals surface area (Å²) in [5.41, 5.74) is 9.12. The number of nitrogens with two attached hydrogens (primary N) is 1. The van der Waals surface area contributed by atoms with Gasteiger partial charge in [-0.2, -0.15) is 0 Å². The minimum Gasteiger partial charge on any atom is -0.508 e. The van der Waals surface area contributed by atoms with Crippen LogP contribution in [0.1, 0.15) is 31.4 Å². The van der Waals surface area contributed by atoms with E-state index in [0.29, 0.717) is 34.3 Å². The van der Waals surface area contributed by atoms with Crippen LogP contribution in [0.15, 0.2) is 61.1 Å². The summed E-state index contributed by atoms with van der Waals surface area (Å²) in [6, 6.07) is 13.8. The fraction of sp³-hybridized carbons (Fsp3) is 0.400. The molecule has 4 heterocycles. The SMILES string of the molecule is CC(N)c1cc(NC(=O)[C@@H]2CCN(CC(=O)N3C[C@@H]4C[C@H]3CI4c3ccc(-c4cnccn4)cc3)C2)ccc1O. The number of benzene rings is 2. The van der Waals surface area contributed by atoms with Crippen LogP contribution in [0.3, 0.4) is 0 Å². The van der Waals surface area contributed by atoms with Crippen molar-refractivity contribution in [2.45, 2.75) is 35.8 Å². The Balaban J connectivity index is 0.998. The number of halogens is 1. The smallest absolute Gasteiger partial charge is 0.508 e. The third-order valence-electron chi connectivity index (χ3n) is 8.17. The van der Waals surface area contributed by atoms with Crippen molar-refractivity contribution < 1.29 is 14.7 Å². The first-order valence-corrected chi connectivity index (χ1v) is 17.6. The summed E-state index contributed by atoms with van der Waals surface area (Å²) in [4.78, 5) is 39.0. The van der Waals surface area contributed by atoms with E-state index in [1.165, 1.54) is 3.57 Å². The Morgan fingerprint density at radius 1 is 1.18 bits per heavy atom. The molecule has 6 rings (SSSR count). The van der Waals surface area contributed by atoms with E-state index in [9.17, 15) is 14.7 Å². The van der Waals surface area contributed by atoms with Gasteiger partial charge in [-0.15, -0.1) is 0 Å². The summed E-state index contributed by atoms with van der Waals surface area (Å²) >= 11 is -1.33. The molecule has 3 aliphatic heterocycles. The third kappa shape index (κ3) is 5.57. The maximum atomic E-state index is 13.3. The second-order valence-electron chi connectivity index (χ2n) is 11.0. The topological polar surface area (TPSA) is 125 Å². The molecule has 0 spiro atoms. The van der Waals surface area contributed by atoms with Gasteiger partial charge in [0.15, 0.2) is 0 Å². The van der Waals surface area contributed by atoms with Gasteiger partial charge in [-0.05, 0) is 13.0 Å². The molecule has 4 atom stereocenters. The first-order chi connectivity index (χ1) is 19.4. The van der Waals surface area contributed by atoms with Crippen LogP contribution in [0, 0.1) is 9.49 Å². The van der Waals surface area contributed by atoms with Crippen molar-refractivity contribution in [3.63, 3.8) is 0 Å². The van der Waals surface area contributed by atoms with Crippen LogP contribution < -0.4 is 11.1 Å². The summed E-state index contributed by atoms with van der Waals surface area (Å²) in [7, 11) is 0. The fourth-order valence-corrected chi connectivity index (χ4v) is 13.6. The number of hydrogen-bond acceptors (Lipinski definition) is 7. The van der Waals surface area contributed by atoms with Crippen molar-refractivity contribution in [3.05, 3.63) is 70.2 Å². The molecule has 3 aromatic rings. The Labute approximate surface area is 241 Å². The van der Waals surface area contributed by atoms with Crippen LogP contribution in [0.25, 0.3) is 11.3 Å². The summed E-state index contributed by atoms with van der Waals surface area (Å²) in [5, 5.41) is 12.9. The normalized spacial score (nSPS) is 23.9. The average molecular weight is 655 g/mol. The summed E-state index contributed by atoms with van der Waals surface area (Å²) in [5.74, 6) is 0.0938. The van der Waals surface area contributed by atoms with Crippen molar-refractivity contribution in [1.29, 1.82) is 0 Å². The number of amides is 2. The number of likely N-dealkylation sites (tertiary alicyclic amines) is 2. The van der Waals surface area contributed by atoms with E-state index < -0.39 is 19.8 Å². The first-order valence-electron chi connectivity index (χ1n) is 13.8. The molecule has 1 aromatic heterocycles. The Kier molecular flexibility index (Phi) is 7.74. The molecule has 2 bridgehead atoms. The van der Waals surface area contributed by atoms with E-state index in [1.807, 2.05) is 0 Å². The summed E-state index contributed by atoms with van der Waals surface area (Å²) in [6.45, 7) is 4.36. The monoisotopic (exact) mass is 654 g/mol. The molecule has 10 heteroatoms. The van der Waals surface area contributed by atoms with Gasteiger partial charge >= 0.3 is 201 Å². The van der Waals surface area contributed by atoms with Crippen molar-refractivity contribution in [2.75, 3.05) is 35.9 Å². The Morgan fingerprint density at radius 2 is 2.00 bits per heavy atom. The zero-order chi connectivity index (χ0) is 27.8. The van der Waals surface area contributed by atoms with Crippen molar-refractivity contribution in [3.8, 4) is 17.0 Å². The third-order valence-corrected chi connectivity index (χ3v) is 15.5. The van der Waals surface area contributed by atoms with Gasteiger partial charge in [0, 0.05) is 11.6 Å². The molecule has 2 amide bonds. The predicted octanol–water partition coefficient (Wildman–Crippen LogP) is 3.49. The molecule has 3 saturated heterocycles. The van der Waals surface area contributed by atoms with E-state index in [0.717, 1.165) is 41.6 Å². The molecular formula is C30H35IN6O3. The van der Waals surface area contributed by atoms with Crippen LogP contribution in [-0.2, 0) is 9.59 Å². The molecule has 40 heavy (non-hydrogen) atoms. The molecule has 1 unspecified atom stereocenters. The molecule has 210 valence electrons. The van der Waals surface area contributed by atoms with E-state index in [4.69, 9.17) is 5.73 Å². The molecule has 0 aliphatic carbocycles. The van der Waals surface area contributed by atoms with Gasteiger partial charge in [-0.1, -0.05) is 0 Å². The number of aromatic nitrogens is 2. The Hall–Kier alpha value is -3.09. The van der Waals surface area contributed by atoms with E-state index >= 15 is 0 Å². The zero-order valence-electron chi connectivity index (χ0n) is 22.5. The summed E-state index contributed by atoms with van der Waals surface area (Å²) in [6.07, 6.45) is 7.05. The predicted molar refractivity (Wildman–Crippen MR) is 163 cm³/mol. The average Bonchev–Trinajstić information content (AvgIpc) is 3.71. The first kappa shape index (κ1) is 27.1. The number of anilines is 1. The number of rotatable bonds is 7. The van der Waals surface area contributed by atoms with E-state index in [1.54, 1.807) is 43.7 Å². The second kappa shape index (κ2) is 11.4. The number of nitrogens with zero attached hydrogens (tertiary/aromatic N) is 4. The second-order valence-corrected chi connectivity index (χ2v) is 17.1. The molecule has 9 nitrogen and oxygen atoms in total. The van der Waals surface area contributed by atoms with Gasteiger partial charge in [0.05, 0.1) is 0 Å². The number of nitrogens with one attached hydrogen (secondary N) is 1. The summed E-state index contributed by atoms with van der Waals surface area (Å²) < 4.78 is 3.29. The van der Waals surface area contributed by atoms with Gasteiger partial charge in [0.1, 0.15) is 5.75 Å². The van der Waals surface area contributed by atoms with E-state index in [2.05, 4.69) is 49.4 Å². The Morgan fingerprint density at radius 3 is 2.70 bits per heavy atom. The quantitative estimate of drug-likeness (QED) is 0.203. The van der Waals surface area contributed by atoms with Crippen molar-refractivity contribution >= 4 is 37.3 Å². The van der Waals surface area contributed by atoms with Gasteiger partial charge in [0.25, 0.3) is 0 Å². The Bertz CT molecular complexity index is 1390. The van der Waals surface area contributed by atoms with Gasteiger partial charge < -0.3 is 10.8 Å². The van der Waals surface area contributed by atoms with Crippen molar-refractivity contribution in [2.24, 2.45) is 11.7 Å². The standard InChI is InChI=1S/C30H35IN6O3/c1-19(32)26-13-24(6-7-28(26)38)35-30(40)21-8-11-36(16-21)18-29(39)37-17-23-12-25(37)14-31(23)22-4-2-20(3-5-22)27-15-33-9-10-34-27/h2-7,9-10,13,15,19,21,23,25,38H,8,11-12,14,16-18,32H2,1H3,(H,35,40)/t19?,21-,23+,25+/m1/s1. The minimum absolute atomic E-state index is 0.0589. The molecular weight excluding hydrogens is 619 g/mol. The molecule has 0 radical (unpaired) electrons. The molecule has 3 aliphatic rings. The van der Waals surface area contributed by atoms with Crippen LogP contribution in [-0.4, -0.2) is 77.3 Å².